The monoisotopic (exact) mass is 492 g/mol. The maximum atomic E-state index is 14.1. The molecule has 0 saturated carbocycles. The van der Waals surface area contributed by atoms with Gasteiger partial charge in [0, 0.05) is 10.8 Å². The lowest BCUT2D eigenvalue weighted by Crippen LogP contribution is -2.36. The minimum Gasteiger partial charge on any atom is -0.455 e. The Hall–Kier alpha value is -2.09. The molecular formula is C19H26F2N4O5S2. The largest absolute Gasteiger partial charge is 0.455 e. The van der Waals surface area contributed by atoms with Gasteiger partial charge in [-0.15, -0.1) is 0 Å². The fraction of sp³-hybridized carbons (Fsp3) is 0.526. The van der Waals surface area contributed by atoms with Crippen LogP contribution >= 0.6 is 11.8 Å². The molecule has 1 heterocycles. The van der Waals surface area contributed by atoms with Gasteiger partial charge >= 0.3 is 6.01 Å². The zero-order valence-corrected chi connectivity index (χ0v) is 19.6. The minimum absolute atomic E-state index is 0.0775. The first kappa shape index (κ1) is 26.2. The summed E-state index contributed by atoms with van der Waals surface area (Å²) < 4.78 is 59.1. The SMILES string of the molecule is CC(C)C[C@@H](O)[C@H](CO)Oc1nc(NS(C)(=O)=O)nc(SC(C)c2c(F)cccc2F)n1. The summed E-state index contributed by atoms with van der Waals surface area (Å²) in [6.07, 6.45) is -0.892. The van der Waals surface area contributed by atoms with E-state index in [9.17, 15) is 27.4 Å². The molecule has 0 fully saturated rings. The Morgan fingerprint density at radius 1 is 1.16 bits per heavy atom. The van der Waals surface area contributed by atoms with Gasteiger partial charge in [0.15, 0.2) is 11.3 Å². The number of hydrogen-bond acceptors (Lipinski definition) is 9. The molecular weight excluding hydrogens is 466 g/mol. The molecule has 1 aromatic heterocycles. The maximum absolute atomic E-state index is 14.1. The van der Waals surface area contributed by atoms with Crippen molar-refractivity contribution in [3.63, 3.8) is 0 Å². The molecule has 2 rings (SSSR count). The first-order valence-electron chi connectivity index (χ1n) is 9.69. The predicted octanol–water partition coefficient (Wildman–Crippen LogP) is 2.52. The van der Waals surface area contributed by atoms with Crippen LogP contribution in [0.5, 0.6) is 6.01 Å². The molecule has 0 aliphatic heterocycles. The van der Waals surface area contributed by atoms with E-state index in [2.05, 4.69) is 19.7 Å². The van der Waals surface area contributed by atoms with Gasteiger partial charge in [0.2, 0.25) is 16.0 Å². The molecule has 0 spiro atoms. The molecule has 3 N–H and O–H groups in total. The molecule has 32 heavy (non-hydrogen) atoms. The van der Waals surface area contributed by atoms with E-state index in [4.69, 9.17) is 4.74 Å². The summed E-state index contributed by atoms with van der Waals surface area (Å²) in [6.45, 7) is 4.75. The highest BCUT2D eigenvalue weighted by Crippen LogP contribution is 2.36. The molecule has 178 valence electrons. The Bertz CT molecular complexity index is 1010. The Morgan fingerprint density at radius 2 is 1.78 bits per heavy atom. The van der Waals surface area contributed by atoms with Crippen LogP contribution < -0.4 is 9.46 Å². The number of nitrogens with one attached hydrogen (secondary N) is 1. The van der Waals surface area contributed by atoms with Crippen molar-refractivity contribution in [2.45, 2.75) is 49.8 Å². The average Bonchev–Trinajstić information content (AvgIpc) is 2.63. The predicted molar refractivity (Wildman–Crippen MR) is 116 cm³/mol. The molecule has 0 aliphatic carbocycles. The Kier molecular flexibility index (Phi) is 9.13. The van der Waals surface area contributed by atoms with E-state index >= 15 is 0 Å². The summed E-state index contributed by atoms with van der Waals surface area (Å²) in [4.78, 5) is 11.9. The second kappa shape index (κ2) is 11.2. The lowest BCUT2D eigenvalue weighted by Gasteiger charge is -2.23. The zero-order valence-electron chi connectivity index (χ0n) is 18.0. The van der Waals surface area contributed by atoms with Crippen molar-refractivity contribution in [2.75, 3.05) is 17.6 Å². The van der Waals surface area contributed by atoms with Gasteiger partial charge < -0.3 is 14.9 Å². The molecule has 2 aromatic rings. The number of benzene rings is 1. The summed E-state index contributed by atoms with van der Waals surface area (Å²) in [5.74, 6) is -1.76. The van der Waals surface area contributed by atoms with Gasteiger partial charge in [0.1, 0.15) is 11.6 Å². The van der Waals surface area contributed by atoms with E-state index in [0.717, 1.165) is 30.2 Å². The second-order valence-electron chi connectivity index (χ2n) is 7.53. The van der Waals surface area contributed by atoms with Crippen LogP contribution in [0.15, 0.2) is 23.4 Å². The summed E-state index contributed by atoms with van der Waals surface area (Å²) in [7, 11) is -3.76. The molecule has 13 heteroatoms. The normalized spacial score (nSPS) is 14.8. The van der Waals surface area contributed by atoms with Crippen LogP contribution in [0, 0.1) is 17.6 Å². The highest BCUT2D eigenvalue weighted by Gasteiger charge is 2.25. The smallest absolute Gasteiger partial charge is 0.322 e. The number of anilines is 1. The van der Waals surface area contributed by atoms with Gasteiger partial charge in [0.05, 0.1) is 19.0 Å². The number of rotatable bonds is 11. The molecule has 3 atom stereocenters. The fourth-order valence-electron chi connectivity index (χ4n) is 2.78. The van der Waals surface area contributed by atoms with E-state index < -0.39 is 45.7 Å². The van der Waals surface area contributed by atoms with Crippen molar-refractivity contribution >= 4 is 27.7 Å². The van der Waals surface area contributed by atoms with Crippen LogP contribution in [0.1, 0.15) is 38.0 Å². The number of sulfonamides is 1. The van der Waals surface area contributed by atoms with Crippen LogP contribution in [0.4, 0.5) is 14.7 Å². The van der Waals surface area contributed by atoms with E-state index in [0.29, 0.717) is 6.42 Å². The Balaban J connectivity index is 2.36. The van der Waals surface area contributed by atoms with Gasteiger partial charge in [0.25, 0.3) is 0 Å². The molecule has 0 radical (unpaired) electrons. The van der Waals surface area contributed by atoms with Crippen LogP contribution in [0.3, 0.4) is 0 Å². The van der Waals surface area contributed by atoms with Crippen molar-refractivity contribution in [1.82, 2.24) is 15.0 Å². The lowest BCUT2D eigenvalue weighted by molar-refractivity contribution is -0.0127. The summed E-state index contributed by atoms with van der Waals surface area (Å²) >= 11 is 0.851. The standard InChI is InChI=1S/C19H26F2N4O5S2/c1-10(2)8-14(27)15(9-26)30-18-22-17(25-32(4,28)29)23-19(24-18)31-11(3)16-12(20)6-5-7-13(16)21/h5-7,10-11,14-15,26-27H,8-9H2,1-4H3,(H,22,23,24,25)/t11?,14-,15+/m1/s1. The molecule has 9 nitrogen and oxygen atoms in total. The number of aliphatic hydroxyl groups excluding tert-OH is 2. The van der Waals surface area contributed by atoms with Gasteiger partial charge in [-0.2, -0.15) is 15.0 Å². The number of hydrogen-bond donors (Lipinski definition) is 3. The lowest BCUT2D eigenvalue weighted by atomic mass is 10.0. The number of ether oxygens (including phenoxy) is 1. The second-order valence-corrected chi connectivity index (χ2v) is 10.6. The molecule has 1 unspecified atom stereocenters. The van der Waals surface area contributed by atoms with E-state index in [-0.39, 0.29) is 28.6 Å². The number of thioether (sulfide) groups is 1. The van der Waals surface area contributed by atoms with Crippen LogP contribution in [0.25, 0.3) is 0 Å². The van der Waals surface area contributed by atoms with Crippen molar-refractivity contribution in [3.05, 3.63) is 35.4 Å². The summed E-state index contributed by atoms with van der Waals surface area (Å²) in [6, 6.07) is 3.12. The minimum atomic E-state index is -3.76. The van der Waals surface area contributed by atoms with Gasteiger partial charge in [-0.1, -0.05) is 31.7 Å². The Labute approximate surface area is 189 Å². The number of aliphatic hydroxyl groups is 2. The van der Waals surface area contributed by atoms with Gasteiger partial charge in [-0.05, 0) is 31.4 Å². The molecule has 1 aromatic carbocycles. The van der Waals surface area contributed by atoms with E-state index in [1.54, 1.807) is 0 Å². The molecule has 0 amide bonds. The van der Waals surface area contributed by atoms with Crippen molar-refractivity contribution in [1.29, 1.82) is 0 Å². The third-order valence-corrected chi connectivity index (χ3v) is 5.67. The van der Waals surface area contributed by atoms with Crippen LogP contribution in [-0.2, 0) is 10.0 Å². The number of halogens is 2. The third-order valence-electron chi connectivity index (χ3n) is 4.14. The molecule has 0 bridgehead atoms. The van der Waals surface area contributed by atoms with Crippen molar-refractivity contribution < 1.29 is 32.1 Å². The molecule has 0 aliphatic rings. The topological polar surface area (TPSA) is 135 Å². The number of nitrogens with zero attached hydrogens (tertiary/aromatic N) is 3. The van der Waals surface area contributed by atoms with Crippen LogP contribution in [-0.4, -0.2) is 58.7 Å². The molecule has 0 saturated heterocycles. The highest BCUT2D eigenvalue weighted by atomic mass is 32.2. The quantitative estimate of drug-likeness (QED) is 0.404. The summed E-state index contributed by atoms with van der Waals surface area (Å²) in [5, 5.41) is 19.0. The van der Waals surface area contributed by atoms with Gasteiger partial charge in [-0.25, -0.2) is 17.2 Å². The van der Waals surface area contributed by atoms with Gasteiger partial charge in [-0.3, -0.25) is 4.72 Å². The van der Waals surface area contributed by atoms with Crippen molar-refractivity contribution in [2.24, 2.45) is 5.92 Å². The third kappa shape index (κ3) is 7.80. The van der Waals surface area contributed by atoms with Crippen LogP contribution in [0.2, 0.25) is 0 Å². The Morgan fingerprint density at radius 3 is 2.31 bits per heavy atom. The zero-order chi connectivity index (χ0) is 24.1. The highest BCUT2D eigenvalue weighted by molar-refractivity contribution is 7.99. The maximum Gasteiger partial charge on any atom is 0.322 e. The van der Waals surface area contributed by atoms with Crippen molar-refractivity contribution in [3.8, 4) is 6.01 Å². The first-order chi connectivity index (χ1) is 14.9. The fourth-order valence-corrected chi connectivity index (χ4v) is 4.13. The first-order valence-corrected chi connectivity index (χ1v) is 12.5. The number of aromatic nitrogens is 3. The summed E-state index contributed by atoms with van der Waals surface area (Å²) in [5.41, 5.74) is -0.196. The van der Waals surface area contributed by atoms with E-state index in [1.165, 1.54) is 13.0 Å². The van der Waals surface area contributed by atoms with E-state index in [1.807, 2.05) is 13.8 Å². The average molecular weight is 493 g/mol.